The summed E-state index contributed by atoms with van der Waals surface area (Å²) in [5, 5.41) is 10.8. The number of ether oxygens (including phenoxy) is 2. The zero-order chi connectivity index (χ0) is 22.4. The summed E-state index contributed by atoms with van der Waals surface area (Å²) >= 11 is 0. The second-order valence-electron chi connectivity index (χ2n) is 6.57. The number of carbonyl (C=O) groups is 2. The Balaban J connectivity index is 2.01. The van der Waals surface area contributed by atoms with E-state index < -0.39 is 6.09 Å². The molecule has 160 valence electrons. The van der Waals surface area contributed by atoms with Crippen LogP contribution >= 0.6 is 0 Å². The van der Waals surface area contributed by atoms with Crippen molar-refractivity contribution in [2.24, 2.45) is 4.99 Å². The molecule has 8 heteroatoms. The molecule has 0 spiro atoms. The van der Waals surface area contributed by atoms with Gasteiger partial charge in [-0.15, -0.1) is 0 Å². The predicted octanol–water partition coefficient (Wildman–Crippen LogP) is 2.53. The first kappa shape index (κ1) is 21.7. The maximum atomic E-state index is 12.7. The zero-order valence-electron chi connectivity index (χ0n) is 17.6. The number of likely N-dealkylation sites (N-methyl/N-ethyl adjacent to an activating group) is 1. The van der Waals surface area contributed by atoms with E-state index in [-0.39, 0.29) is 19.0 Å². The highest BCUT2D eigenvalue weighted by Crippen LogP contribution is 2.37. The van der Waals surface area contributed by atoms with E-state index in [9.17, 15) is 9.59 Å². The van der Waals surface area contributed by atoms with E-state index in [1.165, 1.54) is 0 Å². The molecule has 0 bridgehead atoms. The quantitative estimate of drug-likeness (QED) is 0.723. The van der Waals surface area contributed by atoms with Gasteiger partial charge in [0, 0.05) is 29.3 Å². The number of benzodiazepines with no additional fused rings is 1. The van der Waals surface area contributed by atoms with Crippen molar-refractivity contribution in [3.63, 3.8) is 0 Å². The van der Waals surface area contributed by atoms with E-state index in [0.717, 1.165) is 16.7 Å². The number of rotatable bonds is 5. The van der Waals surface area contributed by atoms with E-state index >= 15 is 0 Å². The second-order valence-corrected chi connectivity index (χ2v) is 6.57. The van der Waals surface area contributed by atoms with Crippen LogP contribution in [0.3, 0.4) is 0 Å². The Morgan fingerprint density at radius 2 is 1.87 bits per heavy atom. The first-order valence-electron chi connectivity index (χ1n) is 9.65. The van der Waals surface area contributed by atoms with E-state index in [1.54, 1.807) is 25.2 Å². The second kappa shape index (κ2) is 9.67. The molecule has 2 amide bonds. The summed E-state index contributed by atoms with van der Waals surface area (Å²) in [6.45, 7) is 2.50. The van der Waals surface area contributed by atoms with Gasteiger partial charge >= 0.3 is 6.09 Å². The van der Waals surface area contributed by atoms with Crippen LogP contribution in [0.4, 0.5) is 10.5 Å². The molecule has 3 rings (SSSR count). The van der Waals surface area contributed by atoms with Crippen molar-refractivity contribution in [3.8, 4) is 23.3 Å². The van der Waals surface area contributed by atoms with Crippen LogP contribution in [0.5, 0.6) is 11.5 Å². The third kappa shape index (κ3) is 4.78. The van der Waals surface area contributed by atoms with Crippen LogP contribution in [-0.2, 0) is 4.79 Å². The van der Waals surface area contributed by atoms with Gasteiger partial charge in [-0.2, -0.15) is 0 Å². The molecule has 0 aliphatic carbocycles. The molecule has 0 radical (unpaired) electrons. The predicted molar refractivity (Wildman–Crippen MR) is 117 cm³/mol. The molecule has 0 aromatic heterocycles. The fourth-order valence-corrected chi connectivity index (χ4v) is 3.30. The summed E-state index contributed by atoms with van der Waals surface area (Å²) in [6, 6.07) is 11.0. The number of nitrogens with zero attached hydrogens (tertiary/aromatic N) is 2. The van der Waals surface area contributed by atoms with Gasteiger partial charge in [0.15, 0.2) is 11.5 Å². The Kier molecular flexibility index (Phi) is 6.78. The zero-order valence-corrected chi connectivity index (χ0v) is 17.6. The molecule has 0 unspecified atom stereocenters. The average Bonchev–Trinajstić information content (AvgIpc) is 2.91. The monoisotopic (exact) mass is 421 g/mol. The van der Waals surface area contributed by atoms with Gasteiger partial charge in [-0.05, 0) is 25.1 Å². The molecule has 1 heterocycles. The number of aliphatic imine (C=N–C) groups is 1. The highest BCUT2D eigenvalue weighted by molar-refractivity contribution is 6.20. The summed E-state index contributed by atoms with van der Waals surface area (Å²) in [6.07, 6.45) is -1.11. The van der Waals surface area contributed by atoms with Crippen LogP contribution in [0, 0.1) is 11.8 Å². The smallest absolute Gasteiger partial charge is 0.405 e. The van der Waals surface area contributed by atoms with Gasteiger partial charge in [0.2, 0.25) is 5.91 Å². The van der Waals surface area contributed by atoms with Crippen LogP contribution in [0.25, 0.3) is 0 Å². The van der Waals surface area contributed by atoms with Gasteiger partial charge < -0.3 is 24.8 Å². The Hall–Kier alpha value is -3.99. The van der Waals surface area contributed by atoms with Crippen LogP contribution in [0.2, 0.25) is 0 Å². The number of anilines is 1. The number of benzene rings is 2. The number of carboxylic acid groups (broad SMARTS) is 1. The lowest BCUT2D eigenvalue weighted by Crippen LogP contribution is -2.32. The van der Waals surface area contributed by atoms with Crippen molar-refractivity contribution in [1.82, 2.24) is 5.32 Å². The minimum Gasteiger partial charge on any atom is -0.493 e. The lowest BCUT2D eigenvalue weighted by Gasteiger charge is -2.23. The molecular formula is C23H23N3O5. The van der Waals surface area contributed by atoms with Gasteiger partial charge in [-0.3, -0.25) is 9.79 Å². The highest BCUT2D eigenvalue weighted by Gasteiger charge is 2.26. The maximum Gasteiger partial charge on any atom is 0.405 e. The van der Waals surface area contributed by atoms with Crippen molar-refractivity contribution in [2.75, 3.05) is 38.8 Å². The number of hydrogen-bond donors (Lipinski definition) is 2. The molecule has 0 fully saturated rings. The third-order valence-corrected chi connectivity index (χ3v) is 4.76. The summed E-state index contributed by atoms with van der Waals surface area (Å²) < 4.78 is 10.9. The van der Waals surface area contributed by atoms with Crippen molar-refractivity contribution >= 4 is 23.4 Å². The number of methoxy groups -OCH3 is 2. The van der Waals surface area contributed by atoms with Gasteiger partial charge in [-0.25, -0.2) is 4.79 Å². The number of nitrogens with one attached hydrogen (secondary N) is 1. The molecule has 1 aliphatic rings. The first-order chi connectivity index (χ1) is 15.0. The Morgan fingerprint density at radius 1 is 1.19 bits per heavy atom. The first-order valence-corrected chi connectivity index (χ1v) is 9.65. The van der Waals surface area contributed by atoms with Crippen molar-refractivity contribution in [1.29, 1.82) is 0 Å². The molecule has 2 N–H and O–H groups in total. The summed E-state index contributed by atoms with van der Waals surface area (Å²) in [5.74, 6) is 6.64. The molecule has 2 aromatic rings. The number of hydrogen-bond acceptors (Lipinski definition) is 5. The Morgan fingerprint density at radius 3 is 2.48 bits per heavy atom. The molecule has 0 saturated heterocycles. The van der Waals surface area contributed by atoms with E-state index in [1.807, 2.05) is 37.3 Å². The van der Waals surface area contributed by atoms with Crippen molar-refractivity contribution in [2.45, 2.75) is 6.92 Å². The van der Waals surface area contributed by atoms with Crippen LogP contribution in [-0.4, -0.2) is 56.7 Å². The van der Waals surface area contributed by atoms with E-state index in [4.69, 9.17) is 14.6 Å². The van der Waals surface area contributed by atoms with Crippen molar-refractivity contribution < 1.29 is 24.2 Å². The summed E-state index contributed by atoms with van der Waals surface area (Å²) in [4.78, 5) is 29.4. The fourth-order valence-electron chi connectivity index (χ4n) is 3.30. The third-order valence-electron chi connectivity index (χ3n) is 4.76. The van der Waals surface area contributed by atoms with Gasteiger partial charge in [0.1, 0.15) is 6.54 Å². The van der Waals surface area contributed by atoms with Crippen LogP contribution in [0.1, 0.15) is 23.6 Å². The normalized spacial score (nSPS) is 12.7. The molecule has 8 nitrogen and oxygen atoms in total. The number of fused-ring (bicyclic) bond motifs is 1. The van der Waals surface area contributed by atoms with Gasteiger partial charge in [0.25, 0.3) is 0 Å². The minimum absolute atomic E-state index is 0.0326. The van der Waals surface area contributed by atoms with Gasteiger partial charge in [0.05, 0.1) is 32.2 Å². The molecule has 0 atom stereocenters. The number of carbonyl (C=O) groups excluding carboxylic acids is 1. The molecular weight excluding hydrogens is 398 g/mol. The lowest BCUT2D eigenvalue weighted by atomic mass is 9.98. The number of amides is 2. The molecule has 0 saturated carbocycles. The molecule has 31 heavy (non-hydrogen) atoms. The SMILES string of the molecule is CCN1C(=O)CN=C(c2ccc(C#CCNC(=O)O)cc2)c2cc(OC)c(OC)cc21. The fraction of sp³-hybridized carbons (Fsp3) is 0.261. The lowest BCUT2D eigenvalue weighted by molar-refractivity contribution is -0.117. The molecule has 1 aliphatic heterocycles. The molecule has 2 aromatic carbocycles. The Bertz CT molecular complexity index is 1080. The summed E-state index contributed by atoms with van der Waals surface area (Å²) in [7, 11) is 3.12. The highest BCUT2D eigenvalue weighted by atomic mass is 16.5. The van der Waals surface area contributed by atoms with Crippen LogP contribution in [0.15, 0.2) is 41.4 Å². The minimum atomic E-state index is -1.11. The topological polar surface area (TPSA) is 100 Å². The van der Waals surface area contributed by atoms with Crippen molar-refractivity contribution in [3.05, 3.63) is 53.1 Å². The maximum absolute atomic E-state index is 12.7. The van der Waals surface area contributed by atoms with E-state index in [0.29, 0.717) is 29.4 Å². The summed E-state index contributed by atoms with van der Waals surface area (Å²) in [5.41, 5.74) is 3.73. The standard InChI is InChI=1S/C23H23N3O5/c1-4-26-18-13-20(31-3)19(30-2)12-17(18)22(25-14-21(26)27)16-9-7-15(8-10-16)6-5-11-24-23(28)29/h7-10,12-13,24H,4,11,14H2,1-3H3,(H,28,29). The Labute approximate surface area is 180 Å². The largest absolute Gasteiger partial charge is 0.493 e. The van der Waals surface area contributed by atoms with Gasteiger partial charge in [-0.1, -0.05) is 24.0 Å². The van der Waals surface area contributed by atoms with Crippen LogP contribution < -0.4 is 19.7 Å². The average molecular weight is 421 g/mol. The van der Waals surface area contributed by atoms with E-state index in [2.05, 4.69) is 22.2 Å².